The molecule has 0 aliphatic heterocycles. The third-order valence-electron chi connectivity index (χ3n) is 13.4. The second kappa shape index (κ2) is 7.08. The van der Waals surface area contributed by atoms with Gasteiger partial charge in [-0.15, -0.1) is 0 Å². The molecule has 5 saturated carbocycles. The van der Waals surface area contributed by atoms with Gasteiger partial charge in [-0.05, 0) is 116 Å². The maximum atomic E-state index is 12.7. The van der Waals surface area contributed by atoms with E-state index in [2.05, 4.69) is 34.6 Å². The number of ketones is 1. The van der Waals surface area contributed by atoms with Gasteiger partial charge in [0.2, 0.25) is 0 Å². The quantitative estimate of drug-likeness (QED) is 0.524. The summed E-state index contributed by atoms with van der Waals surface area (Å²) in [6.07, 6.45) is 9.44. The summed E-state index contributed by atoms with van der Waals surface area (Å²) in [5.74, 6) is 0.932. The lowest BCUT2D eigenvalue weighted by Crippen LogP contribution is -2.67. The van der Waals surface area contributed by atoms with Crippen LogP contribution in [0.2, 0.25) is 0 Å². The zero-order valence-electron chi connectivity index (χ0n) is 21.7. The van der Waals surface area contributed by atoms with Crippen LogP contribution in [0, 0.1) is 56.7 Å². The Labute approximate surface area is 200 Å². The number of aliphatic hydroxyl groups excluding tert-OH is 1. The van der Waals surface area contributed by atoms with Crippen LogP contribution < -0.4 is 0 Å². The summed E-state index contributed by atoms with van der Waals surface area (Å²) in [5, 5.41) is 21.3. The number of carbonyl (C=O) groups excluding carboxylic acids is 1. The highest BCUT2D eigenvalue weighted by Gasteiger charge is 2.72. The van der Waals surface area contributed by atoms with E-state index in [4.69, 9.17) is 0 Å². The molecule has 0 saturated heterocycles. The molecule has 186 valence electrons. The minimum Gasteiger partial charge on any atom is -0.481 e. The molecule has 0 aromatic carbocycles. The van der Waals surface area contributed by atoms with Gasteiger partial charge in [0.25, 0.3) is 0 Å². The van der Waals surface area contributed by atoms with E-state index < -0.39 is 11.4 Å². The van der Waals surface area contributed by atoms with Gasteiger partial charge >= 0.3 is 5.97 Å². The molecule has 4 nitrogen and oxygen atoms in total. The van der Waals surface area contributed by atoms with Gasteiger partial charge < -0.3 is 10.2 Å². The number of aliphatic carboxylic acids is 1. The first-order chi connectivity index (χ1) is 15.3. The van der Waals surface area contributed by atoms with Crippen molar-refractivity contribution in [2.45, 2.75) is 112 Å². The fourth-order valence-corrected chi connectivity index (χ4v) is 11.4. The lowest BCUT2D eigenvalue weighted by molar-refractivity contribution is -0.248. The van der Waals surface area contributed by atoms with Crippen LogP contribution in [0.5, 0.6) is 0 Å². The first-order valence-electron chi connectivity index (χ1n) is 13.7. The fourth-order valence-electron chi connectivity index (χ4n) is 11.4. The second-order valence-electron chi connectivity index (χ2n) is 14.3. The molecule has 2 N–H and O–H groups in total. The standard InChI is InChI=1S/C29H46O4/c1-17(30)18-9-14-29(24(32)33)16-15-27(5)19(23(18)29)7-8-21-26(4)12-11-22(31)25(2,3)20(26)10-13-28(21,27)6/h18-23,31H,7-16H2,1-6H3,(H,32,33)/t18-,19-,20-,21+,22-,23+,26-,27+,28+,29-/m0/s1. The van der Waals surface area contributed by atoms with E-state index in [-0.39, 0.29) is 45.4 Å². The van der Waals surface area contributed by atoms with Crippen molar-refractivity contribution in [1.82, 2.24) is 0 Å². The van der Waals surface area contributed by atoms with Crippen molar-refractivity contribution >= 4 is 11.8 Å². The number of hydrogen-bond donors (Lipinski definition) is 2. The molecule has 5 fully saturated rings. The molecule has 0 radical (unpaired) electrons. The van der Waals surface area contributed by atoms with E-state index in [1.807, 2.05) is 0 Å². The molecule has 0 bridgehead atoms. The first-order valence-corrected chi connectivity index (χ1v) is 13.7. The summed E-state index contributed by atoms with van der Waals surface area (Å²) in [4.78, 5) is 25.4. The maximum Gasteiger partial charge on any atom is 0.309 e. The summed E-state index contributed by atoms with van der Waals surface area (Å²) in [6.45, 7) is 13.8. The van der Waals surface area contributed by atoms with Gasteiger partial charge in [-0.1, -0.05) is 34.6 Å². The summed E-state index contributed by atoms with van der Waals surface area (Å²) in [5.41, 5.74) is -0.287. The summed E-state index contributed by atoms with van der Waals surface area (Å²) >= 11 is 0. The molecule has 0 spiro atoms. The average Bonchev–Trinajstić information content (AvgIpc) is 3.13. The summed E-state index contributed by atoms with van der Waals surface area (Å²) < 4.78 is 0. The van der Waals surface area contributed by atoms with Crippen molar-refractivity contribution in [3.05, 3.63) is 0 Å². The number of Topliss-reactive ketones (excluding diaryl/α,β-unsaturated/α-hetero) is 1. The molecule has 33 heavy (non-hydrogen) atoms. The Morgan fingerprint density at radius 3 is 2.09 bits per heavy atom. The van der Waals surface area contributed by atoms with Gasteiger partial charge in [0.15, 0.2) is 0 Å². The fraction of sp³-hybridized carbons (Fsp3) is 0.931. The highest BCUT2D eigenvalue weighted by Crippen LogP contribution is 2.77. The zero-order valence-corrected chi connectivity index (χ0v) is 21.7. The highest BCUT2D eigenvalue weighted by molar-refractivity contribution is 5.83. The lowest BCUT2D eigenvalue weighted by atomic mass is 9.32. The number of carbonyl (C=O) groups is 2. The molecule has 0 heterocycles. The second-order valence-corrected chi connectivity index (χ2v) is 14.3. The molecular weight excluding hydrogens is 412 g/mol. The lowest BCUT2D eigenvalue weighted by Gasteiger charge is -2.72. The average molecular weight is 459 g/mol. The monoisotopic (exact) mass is 458 g/mol. The molecule has 5 aliphatic carbocycles. The molecule has 0 aromatic rings. The van der Waals surface area contributed by atoms with Crippen LogP contribution in [0.25, 0.3) is 0 Å². The van der Waals surface area contributed by atoms with Gasteiger partial charge in [0, 0.05) is 5.92 Å². The Kier molecular flexibility index (Phi) is 5.11. The van der Waals surface area contributed by atoms with E-state index in [9.17, 15) is 19.8 Å². The molecule has 0 aromatic heterocycles. The van der Waals surface area contributed by atoms with Crippen molar-refractivity contribution in [2.24, 2.45) is 56.7 Å². The predicted octanol–water partition coefficient (Wildman–Crippen LogP) is 6.10. The molecule has 5 aliphatic rings. The van der Waals surface area contributed by atoms with E-state index in [0.29, 0.717) is 24.2 Å². The third-order valence-corrected chi connectivity index (χ3v) is 13.4. The molecule has 0 unspecified atom stereocenters. The number of carboxylic acid groups (broad SMARTS) is 1. The van der Waals surface area contributed by atoms with Gasteiger partial charge in [-0.3, -0.25) is 9.59 Å². The van der Waals surface area contributed by atoms with Gasteiger partial charge in [-0.25, -0.2) is 0 Å². The van der Waals surface area contributed by atoms with Gasteiger partial charge in [-0.2, -0.15) is 0 Å². The number of carboxylic acids is 1. The molecule has 4 heteroatoms. The number of fused-ring (bicyclic) bond motifs is 7. The van der Waals surface area contributed by atoms with E-state index in [0.717, 1.165) is 51.4 Å². The highest BCUT2D eigenvalue weighted by atomic mass is 16.4. The van der Waals surface area contributed by atoms with Crippen LogP contribution in [-0.4, -0.2) is 28.1 Å². The Bertz CT molecular complexity index is 864. The van der Waals surface area contributed by atoms with Crippen molar-refractivity contribution in [3.8, 4) is 0 Å². The van der Waals surface area contributed by atoms with Crippen molar-refractivity contribution < 1.29 is 19.8 Å². The first kappa shape index (κ1) is 23.8. The minimum atomic E-state index is -0.693. The van der Waals surface area contributed by atoms with Crippen LogP contribution >= 0.6 is 0 Å². The van der Waals surface area contributed by atoms with E-state index >= 15 is 0 Å². The van der Waals surface area contributed by atoms with E-state index in [1.165, 1.54) is 6.42 Å². The number of hydrogen-bond acceptors (Lipinski definition) is 3. The Balaban J connectivity index is 1.57. The van der Waals surface area contributed by atoms with Gasteiger partial charge in [0.1, 0.15) is 5.78 Å². The SMILES string of the molecule is CC(=O)[C@@H]1CC[C@]2(C(=O)O)CC[C@]3(C)[C@@H](CC[C@@H]4[C@@]5(C)CC[C@H](O)C(C)(C)[C@@H]5CC[C@]43C)[C@@H]12. The van der Waals surface area contributed by atoms with Gasteiger partial charge in [0.05, 0.1) is 11.5 Å². The smallest absolute Gasteiger partial charge is 0.309 e. The molecule has 10 atom stereocenters. The number of aliphatic hydroxyl groups is 1. The van der Waals surface area contributed by atoms with Crippen LogP contribution in [0.15, 0.2) is 0 Å². The van der Waals surface area contributed by atoms with Crippen LogP contribution in [0.3, 0.4) is 0 Å². The Morgan fingerprint density at radius 1 is 0.758 bits per heavy atom. The third kappa shape index (κ3) is 2.74. The Hall–Kier alpha value is -0.900. The molecular formula is C29H46O4. The largest absolute Gasteiger partial charge is 0.481 e. The van der Waals surface area contributed by atoms with Crippen molar-refractivity contribution in [2.75, 3.05) is 0 Å². The van der Waals surface area contributed by atoms with Crippen molar-refractivity contribution in [1.29, 1.82) is 0 Å². The topological polar surface area (TPSA) is 74.6 Å². The van der Waals surface area contributed by atoms with Crippen LogP contribution in [0.1, 0.15) is 106 Å². The zero-order chi connectivity index (χ0) is 24.2. The number of rotatable bonds is 2. The van der Waals surface area contributed by atoms with E-state index in [1.54, 1.807) is 6.92 Å². The maximum absolute atomic E-state index is 12.7. The minimum absolute atomic E-state index is 0.000765. The predicted molar refractivity (Wildman–Crippen MR) is 128 cm³/mol. The summed E-state index contributed by atoms with van der Waals surface area (Å²) in [6, 6.07) is 0. The normalized spacial score (nSPS) is 55.0. The van der Waals surface area contributed by atoms with Crippen LogP contribution in [-0.2, 0) is 9.59 Å². The molecule has 0 amide bonds. The summed E-state index contributed by atoms with van der Waals surface area (Å²) in [7, 11) is 0. The van der Waals surface area contributed by atoms with Crippen molar-refractivity contribution in [3.63, 3.8) is 0 Å². The Morgan fingerprint density at radius 2 is 1.45 bits per heavy atom. The van der Waals surface area contributed by atoms with Crippen LogP contribution in [0.4, 0.5) is 0 Å². The molecule has 5 rings (SSSR count).